The van der Waals surface area contributed by atoms with E-state index in [-0.39, 0.29) is 5.91 Å². The summed E-state index contributed by atoms with van der Waals surface area (Å²) in [7, 11) is 0. The van der Waals surface area contributed by atoms with E-state index in [4.69, 9.17) is 0 Å². The van der Waals surface area contributed by atoms with E-state index in [1.54, 1.807) is 11.3 Å². The molecule has 0 spiro atoms. The smallest absolute Gasteiger partial charge is 0.268 e. The number of carbonyl (C=O) groups is 1. The summed E-state index contributed by atoms with van der Waals surface area (Å²) >= 11 is 1.68. The number of aromatic nitrogens is 4. The number of thiophene rings is 1. The van der Waals surface area contributed by atoms with Crippen LogP contribution in [-0.2, 0) is 13.1 Å². The van der Waals surface area contributed by atoms with Crippen LogP contribution in [0.25, 0.3) is 5.65 Å². The molecule has 6 nitrogen and oxygen atoms in total. The second kappa shape index (κ2) is 6.29. The number of nitrogens with zero attached hydrogens (tertiary/aromatic N) is 4. The zero-order valence-corrected chi connectivity index (χ0v) is 13.6. The van der Waals surface area contributed by atoms with Gasteiger partial charge in [0.25, 0.3) is 5.91 Å². The summed E-state index contributed by atoms with van der Waals surface area (Å²) in [5.41, 5.74) is 1.40. The Kier molecular flexibility index (Phi) is 3.84. The number of hydrogen-bond acceptors (Lipinski definition) is 4. The number of amides is 1. The number of nitrogens with one attached hydrogen (secondary N) is 1. The first kappa shape index (κ1) is 14.6. The maximum absolute atomic E-state index is 12.5. The minimum absolute atomic E-state index is 0.121. The summed E-state index contributed by atoms with van der Waals surface area (Å²) in [5.74, 6) is 0.583. The van der Waals surface area contributed by atoms with Crippen LogP contribution in [0.5, 0.6) is 0 Å². The van der Waals surface area contributed by atoms with Gasteiger partial charge >= 0.3 is 0 Å². The van der Waals surface area contributed by atoms with Gasteiger partial charge in [0.1, 0.15) is 5.69 Å². The van der Waals surface area contributed by atoms with E-state index in [9.17, 15) is 4.79 Å². The van der Waals surface area contributed by atoms with Gasteiger partial charge in [-0.25, -0.2) is 0 Å². The van der Waals surface area contributed by atoms with Gasteiger partial charge in [0, 0.05) is 17.3 Å². The molecule has 1 amide bonds. The highest BCUT2D eigenvalue weighted by atomic mass is 32.1. The average Bonchev–Trinajstić information content (AvgIpc) is 3.34. The molecule has 0 aliphatic carbocycles. The number of rotatable bonds is 5. The molecular weight excluding hydrogens is 322 g/mol. The van der Waals surface area contributed by atoms with Crippen molar-refractivity contribution in [2.24, 2.45) is 0 Å². The highest BCUT2D eigenvalue weighted by Gasteiger charge is 2.13. The quantitative estimate of drug-likeness (QED) is 0.609. The third kappa shape index (κ3) is 2.81. The first-order valence-electron chi connectivity index (χ1n) is 7.55. The molecule has 0 radical (unpaired) electrons. The fourth-order valence-electron chi connectivity index (χ4n) is 2.59. The molecule has 0 unspecified atom stereocenters. The normalized spacial score (nSPS) is 11.0. The van der Waals surface area contributed by atoms with Crippen molar-refractivity contribution in [2.75, 3.05) is 0 Å². The minimum Gasteiger partial charge on any atom is -0.343 e. The number of fused-ring (bicyclic) bond motifs is 1. The lowest BCUT2D eigenvalue weighted by atomic mass is 10.3. The molecule has 0 aliphatic rings. The Morgan fingerprint density at radius 2 is 2.04 bits per heavy atom. The monoisotopic (exact) mass is 337 g/mol. The van der Waals surface area contributed by atoms with E-state index >= 15 is 0 Å². The highest BCUT2D eigenvalue weighted by Crippen LogP contribution is 2.13. The van der Waals surface area contributed by atoms with Gasteiger partial charge in [0.2, 0.25) is 0 Å². The third-order valence-electron chi connectivity index (χ3n) is 3.76. The van der Waals surface area contributed by atoms with Gasteiger partial charge in [0.05, 0.1) is 13.1 Å². The van der Waals surface area contributed by atoms with E-state index in [1.165, 1.54) is 4.88 Å². The zero-order chi connectivity index (χ0) is 16.4. The molecule has 1 N–H and O–H groups in total. The second-order valence-corrected chi connectivity index (χ2v) is 6.36. The van der Waals surface area contributed by atoms with Crippen molar-refractivity contribution in [1.29, 1.82) is 0 Å². The molecule has 4 heterocycles. The number of pyridine rings is 1. The Morgan fingerprint density at radius 3 is 2.92 bits per heavy atom. The van der Waals surface area contributed by atoms with Gasteiger partial charge in [-0.2, -0.15) is 0 Å². The topological polar surface area (TPSA) is 64.2 Å². The Hall–Kier alpha value is -2.93. The molecule has 24 heavy (non-hydrogen) atoms. The van der Waals surface area contributed by atoms with Crippen LogP contribution in [0.15, 0.2) is 60.2 Å². The number of hydrogen-bond donors (Lipinski definition) is 1. The summed E-state index contributed by atoms with van der Waals surface area (Å²) in [6.45, 7) is 1.02. The summed E-state index contributed by atoms with van der Waals surface area (Å²) in [4.78, 5) is 13.7. The highest BCUT2D eigenvalue weighted by molar-refractivity contribution is 7.09. The van der Waals surface area contributed by atoms with Crippen molar-refractivity contribution in [3.05, 3.63) is 76.6 Å². The molecule has 4 rings (SSSR count). The summed E-state index contributed by atoms with van der Waals surface area (Å²) < 4.78 is 3.81. The Labute approximate surface area is 142 Å². The molecule has 0 saturated heterocycles. The van der Waals surface area contributed by atoms with E-state index in [0.717, 1.165) is 5.65 Å². The second-order valence-electron chi connectivity index (χ2n) is 5.33. The van der Waals surface area contributed by atoms with Crippen molar-refractivity contribution < 1.29 is 4.79 Å². The molecule has 0 saturated carbocycles. The van der Waals surface area contributed by atoms with Crippen molar-refractivity contribution in [1.82, 2.24) is 24.5 Å². The van der Waals surface area contributed by atoms with Gasteiger partial charge < -0.3 is 9.88 Å². The molecule has 0 aromatic carbocycles. The van der Waals surface area contributed by atoms with Crippen molar-refractivity contribution in [3.8, 4) is 0 Å². The molecule has 0 bridgehead atoms. The average molecular weight is 337 g/mol. The Morgan fingerprint density at radius 1 is 1.08 bits per heavy atom. The zero-order valence-electron chi connectivity index (χ0n) is 12.8. The van der Waals surface area contributed by atoms with Gasteiger partial charge in [-0.05, 0) is 35.7 Å². The maximum Gasteiger partial charge on any atom is 0.268 e. The fourth-order valence-corrected chi connectivity index (χ4v) is 3.29. The predicted octanol–water partition coefficient (Wildman–Crippen LogP) is 2.57. The molecule has 120 valence electrons. The fraction of sp³-hybridized carbons (Fsp3) is 0.118. The van der Waals surface area contributed by atoms with Gasteiger partial charge in [-0.15, -0.1) is 21.5 Å². The minimum atomic E-state index is -0.121. The predicted molar refractivity (Wildman–Crippen MR) is 92.0 cm³/mol. The third-order valence-corrected chi connectivity index (χ3v) is 4.62. The summed E-state index contributed by atoms with van der Waals surface area (Å²) in [5, 5.41) is 13.2. The first-order chi connectivity index (χ1) is 11.8. The molecule has 0 fully saturated rings. The summed E-state index contributed by atoms with van der Waals surface area (Å²) in [6.07, 6.45) is 3.80. The van der Waals surface area contributed by atoms with Crippen LogP contribution in [0.2, 0.25) is 0 Å². The van der Waals surface area contributed by atoms with Crippen LogP contribution >= 0.6 is 11.3 Å². The standard InChI is InChI=1S/C17H15N5OS/c23-17(14-6-3-8-21(14)12-13-5-4-10-24-13)18-11-16-20-19-15-7-1-2-9-22(15)16/h1-10H,11-12H2,(H,18,23). The van der Waals surface area contributed by atoms with Crippen LogP contribution in [0.4, 0.5) is 0 Å². The molecular formula is C17H15N5OS. The van der Waals surface area contributed by atoms with Gasteiger partial charge in [-0.1, -0.05) is 12.1 Å². The molecule has 4 aromatic heterocycles. The van der Waals surface area contributed by atoms with E-state index in [0.29, 0.717) is 24.6 Å². The lowest BCUT2D eigenvalue weighted by Gasteiger charge is -2.08. The van der Waals surface area contributed by atoms with Crippen molar-refractivity contribution in [3.63, 3.8) is 0 Å². The van der Waals surface area contributed by atoms with Crippen LogP contribution in [0.3, 0.4) is 0 Å². The molecule has 7 heteroatoms. The van der Waals surface area contributed by atoms with Crippen LogP contribution < -0.4 is 5.32 Å². The van der Waals surface area contributed by atoms with Crippen LogP contribution in [0, 0.1) is 0 Å². The summed E-state index contributed by atoms with van der Waals surface area (Å²) in [6, 6.07) is 13.5. The van der Waals surface area contributed by atoms with Crippen LogP contribution in [0.1, 0.15) is 21.2 Å². The number of carbonyl (C=O) groups excluding carboxylic acids is 1. The largest absolute Gasteiger partial charge is 0.343 e. The Balaban J connectivity index is 1.48. The lowest BCUT2D eigenvalue weighted by Crippen LogP contribution is -2.26. The lowest BCUT2D eigenvalue weighted by molar-refractivity contribution is 0.0941. The van der Waals surface area contributed by atoms with E-state index in [2.05, 4.69) is 21.6 Å². The first-order valence-corrected chi connectivity index (χ1v) is 8.43. The maximum atomic E-state index is 12.5. The molecule has 0 atom stereocenters. The SMILES string of the molecule is O=C(NCc1nnc2ccccn12)c1cccn1Cc1cccs1. The van der Waals surface area contributed by atoms with Crippen LogP contribution in [-0.4, -0.2) is 25.1 Å². The van der Waals surface area contributed by atoms with E-state index < -0.39 is 0 Å². The molecule has 4 aromatic rings. The Bertz CT molecular complexity index is 970. The van der Waals surface area contributed by atoms with Gasteiger partial charge in [0.15, 0.2) is 11.5 Å². The van der Waals surface area contributed by atoms with Crippen molar-refractivity contribution >= 4 is 22.9 Å². The van der Waals surface area contributed by atoms with Gasteiger partial charge in [-0.3, -0.25) is 9.20 Å². The molecule has 0 aliphatic heterocycles. The van der Waals surface area contributed by atoms with Crippen molar-refractivity contribution in [2.45, 2.75) is 13.1 Å². The van der Waals surface area contributed by atoms with E-state index in [1.807, 2.05) is 63.1 Å².